The summed E-state index contributed by atoms with van der Waals surface area (Å²) < 4.78 is 0. The Morgan fingerprint density at radius 3 is 2.26 bits per heavy atom. The maximum atomic E-state index is 13.0. The molecule has 0 aliphatic carbocycles. The van der Waals surface area contributed by atoms with Gasteiger partial charge in [0, 0.05) is 12.9 Å². The van der Waals surface area contributed by atoms with E-state index in [-0.39, 0.29) is 11.6 Å². The van der Waals surface area contributed by atoms with Crippen LogP contribution in [0.1, 0.15) is 44.2 Å². The van der Waals surface area contributed by atoms with Crippen LogP contribution in [0, 0.1) is 20.4 Å². The van der Waals surface area contributed by atoms with Crippen molar-refractivity contribution in [3.8, 4) is 0 Å². The molecule has 0 bridgehead atoms. The second-order valence-corrected chi connectivity index (χ2v) is 11.3. The molecule has 1 atom stereocenters. The minimum absolute atomic E-state index is 0.189. The van der Waals surface area contributed by atoms with E-state index in [0.717, 1.165) is 23.2 Å². The van der Waals surface area contributed by atoms with E-state index in [4.69, 9.17) is 6.57 Å². The summed E-state index contributed by atoms with van der Waals surface area (Å²) in [7, 11) is -1.14. The Morgan fingerprint density at radius 1 is 1.26 bits per heavy atom. The molecule has 1 N–H and O–H groups in total. The normalized spacial score (nSPS) is 17.5. The summed E-state index contributed by atoms with van der Waals surface area (Å²) in [5.41, 5.74) is 3.69. The fourth-order valence-corrected chi connectivity index (χ4v) is 9.01. The Morgan fingerprint density at radius 2 is 1.83 bits per heavy atom. The number of nitrogens with one attached hydrogen (secondary N) is 1. The van der Waals surface area contributed by atoms with Gasteiger partial charge in [-0.15, -0.1) is 0 Å². The van der Waals surface area contributed by atoms with Gasteiger partial charge in [-0.3, -0.25) is 4.79 Å². The Balaban J connectivity index is 2.25. The van der Waals surface area contributed by atoms with Crippen molar-refractivity contribution in [3.05, 3.63) is 34.7 Å². The van der Waals surface area contributed by atoms with Crippen LogP contribution in [0.25, 0.3) is 4.85 Å². The molecule has 2 rings (SSSR count). The van der Waals surface area contributed by atoms with E-state index in [0.29, 0.717) is 5.69 Å². The molecule has 1 heterocycles. The molecule has 1 aliphatic rings. The van der Waals surface area contributed by atoms with Crippen LogP contribution in [0.2, 0.25) is 0 Å². The van der Waals surface area contributed by atoms with Gasteiger partial charge in [-0.1, -0.05) is 19.1 Å². The number of carbonyl (C=O) groups is 1. The summed E-state index contributed by atoms with van der Waals surface area (Å²) in [4.78, 5) is 16.5. The van der Waals surface area contributed by atoms with E-state index in [1.807, 2.05) is 26.0 Å². The first-order valence-electron chi connectivity index (χ1n) is 8.62. The average molecular weight is 331 g/mol. The van der Waals surface area contributed by atoms with Crippen LogP contribution in [0.15, 0.2) is 12.1 Å². The van der Waals surface area contributed by atoms with Crippen molar-refractivity contribution >= 4 is 24.5 Å². The lowest BCUT2D eigenvalue weighted by atomic mass is 10.1. The van der Waals surface area contributed by atoms with Gasteiger partial charge < -0.3 is 5.32 Å². The van der Waals surface area contributed by atoms with Gasteiger partial charge in [0.1, 0.15) is 5.66 Å². The number of hydrogen-bond acceptors (Lipinski definition) is 1. The number of amides is 1. The van der Waals surface area contributed by atoms with Crippen LogP contribution in [0.5, 0.6) is 0 Å². The monoisotopic (exact) mass is 331 g/mol. The van der Waals surface area contributed by atoms with Gasteiger partial charge in [-0.2, -0.15) is 0 Å². The molecule has 1 unspecified atom stereocenters. The quantitative estimate of drug-likeness (QED) is 0.568. The second kappa shape index (κ2) is 7.45. The Bertz CT molecular complexity index is 604. The summed E-state index contributed by atoms with van der Waals surface area (Å²) in [6.07, 6.45) is 7.28. The molecule has 3 nitrogen and oxygen atoms in total. The molecule has 1 saturated heterocycles. The highest BCUT2D eigenvalue weighted by Gasteiger charge is 2.49. The molecule has 1 aliphatic heterocycles. The summed E-state index contributed by atoms with van der Waals surface area (Å²) in [6.45, 7) is 15.5. The van der Waals surface area contributed by atoms with Crippen molar-refractivity contribution in [1.82, 2.24) is 0 Å². The molecular formula is C19H28N2OP+. The molecule has 4 heteroatoms. The van der Waals surface area contributed by atoms with Crippen molar-refractivity contribution in [1.29, 1.82) is 0 Å². The highest BCUT2D eigenvalue weighted by Crippen LogP contribution is 2.68. The fraction of sp³-hybridized carbons (Fsp3) is 0.579. The molecule has 0 aromatic heterocycles. The van der Waals surface area contributed by atoms with Crippen LogP contribution in [0.4, 0.5) is 11.4 Å². The summed E-state index contributed by atoms with van der Waals surface area (Å²) in [5.74, 6) is 0.200. The minimum atomic E-state index is -1.14. The van der Waals surface area contributed by atoms with Gasteiger partial charge in [0.05, 0.1) is 25.1 Å². The lowest BCUT2D eigenvalue weighted by Crippen LogP contribution is -2.32. The van der Waals surface area contributed by atoms with Crippen molar-refractivity contribution < 1.29 is 4.79 Å². The largest absolute Gasteiger partial charge is 0.322 e. The minimum Gasteiger partial charge on any atom is -0.322 e. The van der Waals surface area contributed by atoms with Gasteiger partial charge in [0.2, 0.25) is 0 Å². The first kappa shape index (κ1) is 18.0. The molecule has 1 fully saturated rings. The van der Waals surface area contributed by atoms with Crippen molar-refractivity contribution in [3.63, 3.8) is 0 Å². The van der Waals surface area contributed by atoms with E-state index >= 15 is 0 Å². The molecular weight excluding hydrogens is 303 g/mol. The summed E-state index contributed by atoms with van der Waals surface area (Å²) in [6, 6.07) is 3.72. The topological polar surface area (TPSA) is 33.5 Å². The number of aryl methyl sites for hydroxylation is 2. The number of carbonyl (C=O) groups excluding carboxylic acids is 1. The van der Waals surface area contributed by atoms with Crippen LogP contribution >= 0.6 is 7.26 Å². The third-order valence-electron chi connectivity index (χ3n) is 5.33. The SMILES string of the molecule is [C-]#[N+]c1cc(C)c(NC(=O)C(CC)[P+]2(CC)CCCC2)c(C)c1. The third kappa shape index (κ3) is 3.59. The maximum absolute atomic E-state index is 13.0. The zero-order valence-corrected chi connectivity index (χ0v) is 15.7. The molecule has 0 spiro atoms. The number of nitrogens with zero attached hydrogens (tertiary/aromatic N) is 1. The molecule has 0 radical (unpaired) electrons. The van der Waals surface area contributed by atoms with Crippen molar-refractivity contribution in [2.24, 2.45) is 0 Å². The Hall–Kier alpha value is -1.39. The first-order chi connectivity index (χ1) is 11.0. The molecule has 124 valence electrons. The lowest BCUT2D eigenvalue weighted by molar-refractivity contribution is -0.115. The smallest absolute Gasteiger partial charge is 0.265 e. The molecule has 23 heavy (non-hydrogen) atoms. The Labute approximate surface area is 141 Å². The van der Waals surface area contributed by atoms with Gasteiger partial charge in [-0.25, -0.2) is 4.85 Å². The van der Waals surface area contributed by atoms with Crippen LogP contribution in [0.3, 0.4) is 0 Å². The van der Waals surface area contributed by atoms with Crippen molar-refractivity contribution in [2.45, 2.75) is 52.6 Å². The highest BCUT2D eigenvalue weighted by molar-refractivity contribution is 7.77. The number of anilines is 1. The van der Waals surface area contributed by atoms with E-state index < -0.39 is 7.26 Å². The third-order valence-corrected chi connectivity index (χ3v) is 10.9. The van der Waals surface area contributed by atoms with Crippen LogP contribution in [-0.4, -0.2) is 30.1 Å². The summed E-state index contributed by atoms with van der Waals surface area (Å²) in [5, 5.41) is 3.20. The average Bonchev–Trinajstić information content (AvgIpc) is 3.01. The zero-order chi connectivity index (χ0) is 17.0. The number of rotatable bonds is 5. The van der Waals surface area contributed by atoms with Gasteiger partial charge in [0.25, 0.3) is 5.91 Å². The van der Waals surface area contributed by atoms with Gasteiger partial charge >= 0.3 is 0 Å². The van der Waals surface area contributed by atoms with Gasteiger partial charge in [-0.05, 0) is 51.2 Å². The van der Waals surface area contributed by atoms with E-state index in [1.165, 1.54) is 31.3 Å². The molecule has 1 aromatic carbocycles. The Kier molecular flexibility index (Phi) is 5.82. The first-order valence-corrected chi connectivity index (χ1v) is 11.0. The predicted molar refractivity (Wildman–Crippen MR) is 101 cm³/mol. The molecule has 1 amide bonds. The fourth-order valence-electron chi connectivity index (χ4n) is 4.04. The molecule has 1 aromatic rings. The van der Waals surface area contributed by atoms with E-state index in [2.05, 4.69) is 24.0 Å². The van der Waals surface area contributed by atoms with Crippen LogP contribution in [-0.2, 0) is 4.79 Å². The predicted octanol–water partition coefficient (Wildman–Crippen LogP) is 5.40. The second-order valence-electron chi connectivity index (χ2n) is 6.67. The van der Waals surface area contributed by atoms with Crippen LogP contribution < -0.4 is 5.32 Å². The standard InChI is InChI=1S/C19H27N2OP/c1-6-17(23(7-2)10-8-9-11-23)19(22)21-18-14(3)12-16(20-5)13-15(18)4/h12-13,17H,6-11H2,1-4H3/p+1. The molecule has 0 saturated carbocycles. The van der Waals surface area contributed by atoms with Gasteiger partial charge in [0.15, 0.2) is 5.69 Å². The van der Waals surface area contributed by atoms with E-state index in [9.17, 15) is 4.79 Å². The number of hydrogen-bond donors (Lipinski definition) is 1. The zero-order valence-electron chi connectivity index (χ0n) is 14.8. The van der Waals surface area contributed by atoms with E-state index in [1.54, 1.807) is 0 Å². The summed E-state index contributed by atoms with van der Waals surface area (Å²) >= 11 is 0. The number of benzene rings is 1. The lowest BCUT2D eigenvalue weighted by Gasteiger charge is -2.29. The maximum Gasteiger partial charge on any atom is 0.265 e. The highest BCUT2D eigenvalue weighted by atomic mass is 31.2. The van der Waals surface area contributed by atoms with Crippen molar-refractivity contribution in [2.75, 3.05) is 23.8 Å².